The molecule has 1 saturated heterocycles. The lowest BCUT2D eigenvalue weighted by Crippen LogP contribution is -2.28. The molecule has 3 heterocycles. The van der Waals surface area contributed by atoms with Crippen molar-refractivity contribution in [1.29, 1.82) is 0 Å². The second kappa shape index (κ2) is 6.45. The Morgan fingerprint density at radius 1 is 1.25 bits per heavy atom. The number of rotatable bonds is 4. The first-order valence-electron chi connectivity index (χ1n) is 8.07. The maximum Gasteiger partial charge on any atom is 0.261 e. The van der Waals surface area contributed by atoms with Crippen molar-refractivity contribution >= 4 is 0 Å². The zero-order valence-electron chi connectivity index (χ0n) is 13.5. The van der Waals surface area contributed by atoms with Gasteiger partial charge in [0.2, 0.25) is 5.82 Å². The number of nitrogens with one attached hydrogen (secondary N) is 2. The van der Waals surface area contributed by atoms with Crippen LogP contribution in [0.1, 0.15) is 24.5 Å². The monoisotopic (exact) mass is 325 g/mol. The van der Waals surface area contributed by atoms with Crippen molar-refractivity contribution in [1.82, 2.24) is 25.7 Å². The molecule has 0 bridgehead atoms. The Kier molecular flexibility index (Phi) is 4.00. The van der Waals surface area contributed by atoms with Gasteiger partial charge in [-0.2, -0.15) is 10.1 Å². The molecule has 1 aromatic carbocycles. The van der Waals surface area contributed by atoms with Crippen LogP contribution in [-0.4, -0.2) is 40.5 Å². The van der Waals surface area contributed by atoms with E-state index < -0.39 is 0 Å². The molecule has 7 nitrogen and oxygen atoms in total. The number of H-pyrrole nitrogens is 1. The molecule has 2 N–H and O–H groups in total. The summed E-state index contributed by atoms with van der Waals surface area (Å²) in [6.45, 7) is 2.01. The van der Waals surface area contributed by atoms with Crippen LogP contribution < -0.4 is 10.1 Å². The lowest BCUT2D eigenvalue weighted by Gasteiger charge is -2.21. The number of methoxy groups -OCH3 is 1. The molecule has 4 rings (SSSR count). The normalized spacial score (nSPS) is 17.8. The van der Waals surface area contributed by atoms with Crippen LogP contribution in [0.25, 0.3) is 22.8 Å². The molecule has 1 aliphatic heterocycles. The summed E-state index contributed by atoms with van der Waals surface area (Å²) in [6, 6.07) is 7.58. The Labute approximate surface area is 139 Å². The number of benzene rings is 1. The van der Waals surface area contributed by atoms with Crippen molar-refractivity contribution in [2.24, 2.45) is 0 Å². The van der Waals surface area contributed by atoms with Crippen molar-refractivity contribution in [3.05, 3.63) is 36.2 Å². The van der Waals surface area contributed by atoms with E-state index in [0.29, 0.717) is 17.6 Å². The van der Waals surface area contributed by atoms with Gasteiger partial charge in [-0.25, -0.2) is 0 Å². The Bertz CT molecular complexity index is 803. The minimum Gasteiger partial charge on any atom is -0.497 e. The molecule has 124 valence electrons. The quantitative estimate of drug-likeness (QED) is 0.766. The van der Waals surface area contributed by atoms with Gasteiger partial charge in [-0.15, -0.1) is 0 Å². The summed E-state index contributed by atoms with van der Waals surface area (Å²) in [7, 11) is 1.64. The van der Waals surface area contributed by atoms with Gasteiger partial charge in [0.15, 0.2) is 0 Å². The first kappa shape index (κ1) is 14.9. The number of aromatic nitrogens is 4. The van der Waals surface area contributed by atoms with Crippen molar-refractivity contribution < 1.29 is 9.26 Å². The topological polar surface area (TPSA) is 88.9 Å². The van der Waals surface area contributed by atoms with Gasteiger partial charge in [-0.1, -0.05) is 5.16 Å². The summed E-state index contributed by atoms with van der Waals surface area (Å²) in [4.78, 5) is 4.53. The molecule has 0 saturated carbocycles. The molecule has 1 fully saturated rings. The second-order valence-corrected chi connectivity index (χ2v) is 5.89. The van der Waals surface area contributed by atoms with Gasteiger partial charge < -0.3 is 14.6 Å². The van der Waals surface area contributed by atoms with Gasteiger partial charge in [0.1, 0.15) is 5.75 Å². The molecule has 2 aromatic heterocycles. The maximum absolute atomic E-state index is 5.48. The van der Waals surface area contributed by atoms with Crippen LogP contribution in [0.5, 0.6) is 5.75 Å². The minimum atomic E-state index is 0.396. The van der Waals surface area contributed by atoms with Crippen molar-refractivity contribution in [3.63, 3.8) is 0 Å². The SMILES string of the molecule is COc1ccc(-c2noc(-c3cn[nH]c3C3CCCNC3)n2)cc1. The summed E-state index contributed by atoms with van der Waals surface area (Å²) in [5.74, 6) is 2.24. The highest BCUT2D eigenvalue weighted by atomic mass is 16.5. The van der Waals surface area contributed by atoms with Gasteiger partial charge >= 0.3 is 0 Å². The lowest BCUT2D eigenvalue weighted by molar-refractivity contribution is 0.414. The molecule has 3 aromatic rings. The van der Waals surface area contributed by atoms with Crippen LogP contribution >= 0.6 is 0 Å². The van der Waals surface area contributed by atoms with Crippen molar-refractivity contribution in [3.8, 4) is 28.6 Å². The molecule has 1 unspecified atom stereocenters. The summed E-state index contributed by atoms with van der Waals surface area (Å²) in [5.41, 5.74) is 2.83. The van der Waals surface area contributed by atoms with E-state index in [0.717, 1.165) is 48.5 Å². The number of piperidine rings is 1. The highest BCUT2D eigenvalue weighted by Crippen LogP contribution is 2.31. The summed E-state index contributed by atoms with van der Waals surface area (Å²) in [6.07, 6.45) is 4.04. The van der Waals surface area contributed by atoms with Crippen molar-refractivity contribution in [2.75, 3.05) is 20.2 Å². The first-order chi connectivity index (χ1) is 11.8. The zero-order chi connectivity index (χ0) is 16.4. The number of hydrogen-bond donors (Lipinski definition) is 2. The second-order valence-electron chi connectivity index (χ2n) is 5.89. The third-order valence-corrected chi connectivity index (χ3v) is 4.38. The lowest BCUT2D eigenvalue weighted by atomic mass is 9.94. The summed E-state index contributed by atoms with van der Waals surface area (Å²) in [5, 5.41) is 14.8. The van der Waals surface area contributed by atoms with E-state index >= 15 is 0 Å². The number of ether oxygens (including phenoxy) is 1. The van der Waals surface area contributed by atoms with E-state index in [4.69, 9.17) is 9.26 Å². The van der Waals surface area contributed by atoms with E-state index in [1.165, 1.54) is 0 Å². The van der Waals surface area contributed by atoms with Crippen LogP contribution in [0.3, 0.4) is 0 Å². The predicted molar refractivity (Wildman–Crippen MR) is 88.7 cm³/mol. The van der Waals surface area contributed by atoms with Gasteiger partial charge in [-0.05, 0) is 43.7 Å². The van der Waals surface area contributed by atoms with Crippen LogP contribution in [-0.2, 0) is 0 Å². The maximum atomic E-state index is 5.48. The first-order valence-corrected chi connectivity index (χ1v) is 8.07. The fraction of sp³-hybridized carbons (Fsp3) is 0.353. The van der Waals surface area contributed by atoms with Crippen LogP contribution in [0.4, 0.5) is 0 Å². The molecule has 0 spiro atoms. The Morgan fingerprint density at radius 3 is 2.88 bits per heavy atom. The van der Waals surface area contributed by atoms with E-state index in [-0.39, 0.29) is 0 Å². The highest BCUT2D eigenvalue weighted by molar-refractivity contribution is 5.61. The minimum absolute atomic E-state index is 0.396. The van der Waals surface area contributed by atoms with E-state index in [2.05, 4.69) is 25.7 Å². The number of aromatic amines is 1. The molecule has 1 atom stereocenters. The van der Waals surface area contributed by atoms with E-state index in [1.807, 2.05) is 24.3 Å². The standard InChI is InChI=1S/C17H19N5O2/c1-23-13-6-4-11(5-7-13)16-20-17(24-22-16)14-10-19-21-15(14)12-3-2-8-18-9-12/h4-7,10,12,18H,2-3,8-9H2,1H3,(H,19,21). The molecule has 0 amide bonds. The molecule has 0 radical (unpaired) electrons. The Hall–Kier alpha value is -2.67. The summed E-state index contributed by atoms with van der Waals surface area (Å²) >= 11 is 0. The van der Waals surface area contributed by atoms with Gasteiger partial charge in [0, 0.05) is 18.0 Å². The fourth-order valence-electron chi connectivity index (χ4n) is 3.07. The molecule has 1 aliphatic rings. The van der Waals surface area contributed by atoms with E-state index in [1.54, 1.807) is 13.3 Å². The molecule has 0 aliphatic carbocycles. The third-order valence-electron chi connectivity index (χ3n) is 4.38. The van der Waals surface area contributed by atoms with Crippen molar-refractivity contribution in [2.45, 2.75) is 18.8 Å². The van der Waals surface area contributed by atoms with Crippen LogP contribution in [0.15, 0.2) is 35.0 Å². The van der Waals surface area contributed by atoms with Gasteiger partial charge in [-0.3, -0.25) is 5.10 Å². The average molecular weight is 325 g/mol. The molecule has 24 heavy (non-hydrogen) atoms. The van der Waals surface area contributed by atoms with E-state index in [9.17, 15) is 0 Å². The number of hydrogen-bond acceptors (Lipinski definition) is 6. The number of nitrogens with zero attached hydrogens (tertiary/aromatic N) is 3. The molecular weight excluding hydrogens is 306 g/mol. The van der Waals surface area contributed by atoms with Crippen LogP contribution in [0.2, 0.25) is 0 Å². The smallest absolute Gasteiger partial charge is 0.261 e. The predicted octanol–water partition coefficient (Wildman–Crippen LogP) is 2.60. The molecular formula is C17H19N5O2. The average Bonchev–Trinajstić information content (AvgIpc) is 3.32. The Morgan fingerprint density at radius 2 is 2.12 bits per heavy atom. The van der Waals surface area contributed by atoms with Crippen LogP contribution in [0, 0.1) is 0 Å². The van der Waals surface area contributed by atoms with Gasteiger partial charge in [0.25, 0.3) is 5.89 Å². The van der Waals surface area contributed by atoms with Gasteiger partial charge in [0.05, 0.1) is 24.6 Å². The largest absolute Gasteiger partial charge is 0.497 e. The Balaban J connectivity index is 1.62. The highest BCUT2D eigenvalue weighted by Gasteiger charge is 2.23. The fourth-order valence-corrected chi connectivity index (χ4v) is 3.07. The molecule has 7 heteroatoms. The summed E-state index contributed by atoms with van der Waals surface area (Å²) < 4.78 is 10.6. The third kappa shape index (κ3) is 2.78. The zero-order valence-corrected chi connectivity index (χ0v) is 13.5.